The quantitative estimate of drug-likeness (QED) is 0.690. The number of rotatable bonds is 6. The van der Waals surface area contributed by atoms with Crippen LogP contribution in [0.2, 0.25) is 0 Å². The average Bonchev–Trinajstić information content (AvgIpc) is 3.17. The Kier molecular flexibility index (Phi) is 5.54. The Morgan fingerprint density at radius 3 is 2.53 bits per heavy atom. The Morgan fingerprint density at radius 2 is 1.93 bits per heavy atom. The fourth-order valence-electron chi connectivity index (χ4n) is 3.86. The highest BCUT2D eigenvalue weighted by Crippen LogP contribution is 2.38. The number of halogens is 4. The van der Waals surface area contributed by atoms with Gasteiger partial charge in [-0.25, -0.2) is 9.97 Å². The molecule has 0 amide bonds. The minimum atomic E-state index is -4.40. The van der Waals surface area contributed by atoms with Crippen molar-refractivity contribution in [1.82, 2.24) is 9.97 Å². The third-order valence-corrected chi connectivity index (χ3v) is 5.70. The number of alkyl halides is 3. The van der Waals surface area contributed by atoms with E-state index in [9.17, 15) is 18.3 Å². The number of hydrogen-bond acceptors (Lipinski definition) is 6. The van der Waals surface area contributed by atoms with Gasteiger partial charge in [-0.15, -0.1) is 0 Å². The minimum absolute atomic E-state index is 0.0257. The van der Waals surface area contributed by atoms with Crippen LogP contribution in [0, 0.1) is 11.2 Å². The molecule has 0 radical (unpaired) electrons. The standard InChI is InChI=1S/C20H22F4N4O2/c21-16-17(25-8-19(9-29)10-30-11-19)26-12-27-18(16)28-7-1-2-15(28)13-3-5-14(6-4-13)20(22,23)24/h3-6,12,15,29H,1-2,7-11H2,(H,25,26,27)/t15-/m1/s1. The summed E-state index contributed by atoms with van der Waals surface area (Å²) in [5.74, 6) is -0.486. The maximum absolute atomic E-state index is 15.2. The number of nitrogens with one attached hydrogen (secondary N) is 1. The van der Waals surface area contributed by atoms with E-state index in [1.54, 1.807) is 4.90 Å². The molecule has 162 valence electrons. The van der Waals surface area contributed by atoms with Crippen molar-refractivity contribution in [3.8, 4) is 0 Å². The molecule has 0 unspecified atom stereocenters. The highest BCUT2D eigenvalue weighted by Gasteiger charge is 2.38. The summed E-state index contributed by atoms with van der Waals surface area (Å²) in [6, 6.07) is 4.69. The SMILES string of the molecule is OCC1(CNc2ncnc(N3CCC[C@@H]3c3ccc(C(F)(F)F)cc3)c2F)COC1. The molecule has 2 N–H and O–H groups in total. The summed E-state index contributed by atoms with van der Waals surface area (Å²) in [5, 5.41) is 12.4. The second kappa shape index (κ2) is 7.99. The van der Waals surface area contributed by atoms with Gasteiger partial charge in [0.05, 0.1) is 36.8 Å². The van der Waals surface area contributed by atoms with Gasteiger partial charge in [0.25, 0.3) is 0 Å². The fourth-order valence-corrected chi connectivity index (χ4v) is 3.86. The molecule has 30 heavy (non-hydrogen) atoms. The van der Waals surface area contributed by atoms with Crippen LogP contribution >= 0.6 is 0 Å². The lowest BCUT2D eigenvalue weighted by Crippen LogP contribution is -2.50. The zero-order valence-corrected chi connectivity index (χ0v) is 16.1. The molecule has 2 aliphatic heterocycles. The molecule has 10 heteroatoms. The maximum atomic E-state index is 15.2. The van der Waals surface area contributed by atoms with Gasteiger partial charge in [0, 0.05) is 13.1 Å². The van der Waals surface area contributed by atoms with Gasteiger partial charge in [-0.1, -0.05) is 12.1 Å². The van der Waals surface area contributed by atoms with E-state index < -0.39 is 23.0 Å². The van der Waals surface area contributed by atoms with Crippen LogP contribution < -0.4 is 10.2 Å². The molecule has 1 aromatic carbocycles. The number of aromatic nitrogens is 2. The Labute approximate surface area is 170 Å². The van der Waals surface area contributed by atoms with Crippen LogP contribution in [-0.2, 0) is 10.9 Å². The highest BCUT2D eigenvalue weighted by atomic mass is 19.4. The van der Waals surface area contributed by atoms with Gasteiger partial charge in [0.1, 0.15) is 6.33 Å². The number of benzene rings is 1. The second-order valence-electron chi connectivity index (χ2n) is 7.84. The van der Waals surface area contributed by atoms with Crippen molar-refractivity contribution in [2.45, 2.75) is 25.1 Å². The van der Waals surface area contributed by atoms with Gasteiger partial charge in [0.15, 0.2) is 11.6 Å². The summed E-state index contributed by atoms with van der Waals surface area (Å²) in [6.45, 7) is 1.53. The molecule has 3 heterocycles. The van der Waals surface area contributed by atoms with Gasteiger partial charge in [-0.05, 0) is 30.5 Å². The van der Waals surface area contributed by atoms with E-state index in [2.05, 4.69) is 15.3 Å². The lowest BCUT2D eigenvalue weighted by molar-refractivity contribution is -0.137. The van der Waals surface area contributed by atoms with E-state index in [0.717, 1.165) is 18.6 Å². The number of nitrogens with zero attached hydrogens (tertiary/aromatic N) is 3. The van der Waals surface area contributed by atoms with Crippen molar-refractivity contribution in [3.05, 3.63) is 47.5 Å². The summed E-state index contributed by atoms with van der Waals surface area (Å²) in [6.07, 6.45) is -1.69. The van der Waals surface area contributed by atoms with Gasteiger partial charge in [0.2, 0.25) is 5.82 Å². The van der Waals surface area contributed by atoms with E-state index in [1.165, 1.54) is 18.5 Å². The predicted octanol–water partition coefficient (Wildman–Crippen LogP) is 3.40. The monoisotopic (exact) mass is 426 g/mol. The van der Waals surface area contributed by atoms with E-state index in [1.807, 2.05) is 0 Å². The first-order valence-corrected chi connectivity index (χ1v) is 9.70. The molecule has 0 spiro atoms. The molecular weight excluding hydrogens is 404 g/mol. The summed E-state index contributed by atoms with van der Waals surface area (Å²) >= 11 is 0. The summed E-state index contributed by atoms with van der Waals surface area (Å²) in [7, 11) is 0. The zero-order chi connectivity index (χ0) is 21.4. The van der Waals surface area contributed by atoms with Crippen LogP contribution in [0.25, 0.3) is 0 Å². The molecule has 0 bridgehead atoms. The van der Waals surface area contributed by atoms with Crippen molar-refractivity contribution in [2.75, 3.05) is 43.1 Å². The van der Waals surface area contributed by atoms with Crippen LogP contribution in [0.15, 0.2) is 30.6 Å². The predicted molar refractivity (Wildman–Crippen MR) is 102 cm³/mol. The van der Waals surface area contributed by atoms with Gasteiger partial charge >= 0.3 is 6.18 Å². The smallest absolute Gasteiger partial charge is 0.396 e. The normalized spacial score (nSPS) is 20.8. The molecule has 2 saturated heterocycles. The summed E-state index contributed by atoms with van der Waals surface area (Å²) in [5.41, 5.74) is -0.485. The zero-order valence-electron chi connectivity index (χ0n) is 16.1. The lowest BCUT2D eigenvalue weighted by Gasteiger charge is -2.40. The van der Waals surface area contributed by atoms with Crippen molar-refractivity contribution in [1.29, 1.82) is 0 Å². The molecule has 1 aromatic heterocycles. The molecule has 2 fully saturated rings. The average molecular weight is 426 g/mol. The molecular formula is C20H22F4N4O2. The third-order valence-electron chi connectivity index (χ3n) is 5.70. The summed E-state index contributed by atoms with van der Waals surface area (Å²) < 4.78 is 58.8. The van der Waals surface area contributed by atoms with Crippen LogP contribution in [0.3, 0.4) is 0 Å². The van der Waals surface area contributed by atoms with E-state index in [0.29, 0.717) is 38.3 Å². The first kappa shape index (κ1) is 20.8. The number of aliphatic hydroxyl groups excluding tert-OH is 1. The lowest BCUT2D eigenvalue weighted by atomic mass is 9.87. The molecule has 2 aromatic rings. The van der Waals surface area contributed by atoms with Crippen molar-refractivity contribution in [3.63, 3.8) is 0 Å². The number of anilines is 2. The third kappa shape index (κ3) is 3.93. The second-order valence-corrected chi connectivity index (χ2v) is 7.84. The summed E-state index contributed by atoms with van der Waals surface area (Å²) in [4.78, 5) is 9.83. The largest absolute Gasteiger partial charge is 0.416 e. The van der Waals surface area contributed by atoms with Gasteiger partial charge < -0.3 is 20.1 Å². The van der Waals surface area contributed by atoms with Crippen LogP contribution in [0.5, 0.6) is 0 Å². The number of hydrogen-bond donors (Lipinski definition) is 2. The first-order valence-electron chi connectivity index (χ1n) is 9.70. The number of aliphatic hydroxyl groups is 1. The molecule has 0 saturated carbocycles. The van der Waals surface area contributed by atoms with E-state index in [-0.39, 0.29) is 24.3 Å². The van der Waals surface area contributed by atoms with Crippen molar-refractivity contribution >= 4 is 11.6 Å². The van der Waals surface area contributed by atoms with Crippen LogP contribution in [0.4, 0.5) is 29.2 Å². The van der Waals surface area contributed by atoms with Crippen molar-refractivity contribution < 1.29 is 27.4 Å². The van der Waals surface area contributed by atoms with Crippen molar-refractivity contribution in [2.24, 2.45) is 5.41 Å². The van der Waals surface area contributed by atoms with Crippen LogP contribution in [0.1, 0.15) is 30.0 Å². The topological polar surface area (TPSA) is 70.5 Å². The first-order chi connectivity index (χ1) is 14.3. The van der Waals surface area contributed by atoms with E-state index >= 15 is 4.39 Å². The van der Waals surface area contributed by atoms with E-state index in [4.69, 9.17) is 4.74 Å². The molecule has 1 atom stereocenters. The Balaban J connectivity index is 1.54. The highest BCUT2D eigenvalue weighted by molar-refractivity contribution is 5.53. The molecule has 6 nitrogen and oxygen atoms in total. The minimum Gasteiger partial charge on any atom is -0.396 e. The van der Waals surface area contributed by atoms with Crippen LogP contribution in [-0.4, -0.2) is 48.0 Å². The fraction of sp³-hybridized carbons (Fsp3) is 0.500. The van der Waals surface area contributed by atoms with Gasteiger partial charge in [-0.3, -0.25) is 0 Å². The Hall–Kier alpha value is -2.46. The molecule has 4 rings (SSSR count). The number of ether oxygens (including phenoxy) is 1. The maximum Gasteiger partial charge on any atom is 0.416 e. The Bertz CT molecular complexity index is 882. The van der Waals surface area contributed by atoms with Gasteiger partial charge in [-0.2, -0.15) is 17.6 Å². The Morgan fingerprint density at radius 1 is 1.20 bits per heavy atom. The molecule has 2 aliphatic rings. The molecule has 0 aliphatic carbocycles.